The van der Waals surface area contributed by atoms with E-state index in [0.717, 1.165) is 18.5 Å². The molecule has 1 fully saturated rings. The molecule has 0 amide bonds. The van der Waals surface area contributed by atoms with Gasteiger partial charge in [0.25, 0.3) is 0 Å². The second kappa shape index (κ2) is 3.82. The average Bonchev–Trinajstić information content (AvgIpc) is 3.05. The van der Waals surface area contributed by atoms with Crippen LogP contribution >= 0.6 is 0 Å². The summed E-state index contributed by atoms with van der Waals surface area (Å²) >= 11 is 0. The van der Waals surface area contributed by atoms with E-state index in [0.29, 0.717) is 0 Å². The van der Waals surface area contributed by atoms with Crippen LogP contribution in [0.15, 0.2) is 18.3 Å². The minimum atomic E-state index is 0.745. The van der Waals surface area contributed by atoms with E-state index in [1.165, 1.54) is 47.7 Å². The Labute approximate surface area is 107 Å². The third kappa shape index (κ3) is 1.65. The topological polar surface area (TPSA) is 31.9 Å². The van der Waals surface area contributed by atoms with Crippen LogP contribution in [0, 0.1) is 5.92 Å². The summed E-state index contributed by atoms with van der Waals surface area (Å²) in [6.07, 6.45) is 7.49. The van der Waals surface area contributed by atoms with E-state index in [4.69, 9.17) is 0 Å². The maximum atomic E-state index is 4.17. The summed E-state index contributed by atoms with van der Waals surface area (Å²) < 4.78 is 0. The average molecular weight is 241 g/mol. The highest BCUT2D eigenvalue weighted by atomic mass is 15.1. The molecule has 1 unspecified atom stereocenters. The number of aromatic nitrogens is 2. The fraction of sp³-hybridized carbons (Fsp3) is 0.533. The van der Waals surface area contributed by atoms with Crippen molar-refractivity contribution in [2.75, 3.05) is 7.05 Å². The fourth-order valence-corrected chi connectivity index (χ4v) is 3.29. The maximum Gasteiger partial charge on any atom is 0.0653 e. The van der Waals surface area contributed by atoms with Gasteiger partial charge in [-0.2, -0.15) is 5.10 Å². The highest BCUT2D eigenvalue weighted by Crippen LogP contribution is 2.38. The fourth-order valence-electron chi connectivity index (χ4n) is 3.29. The summed E-state index contributed by atoms with van der Waals surface area (Å²) in [7, 11) is 2.27. The van der Waals surface area contributed by atoms with Gasteiger partial charge in [-0.25, -0.2) is 0 Å². The van der Waals surface area contributed by atoms with Crippen LogP contribution in [0.2, 0.25) is 0 Å². The summed E-state index contributed by atoms with van der Waals surface area (Å²) in [4.78, 5) is 2.53. The van der Waals surface area contributed by atoms with Crippen LogP contribution in [-0.4, -0.2) is 28.2 Å². The lowest BCUT2D eigenvalue weighted by atomic mass is 9.90. The summed E-state index contributed by atoms with van der Waals surface area (Å²) in [5.41, 5.74) is 4.19. The van der Waals surface area contributed by atoms with Gasteiger partial charge >= 0.3 is 0 Å². The quantitative estimate of drug-likeness (QED) is 0.876. The zero-order valence-corrected chi connectivity index (χ0v) is 10.8. The first-order valence-electron chi connectivity index (χ1n) is 6.95. The number of rotatable bonds is 2. The number of hydrogen-bond donors (Lipinski definition) is 1. The third-order valence-corrected chi connectivity index (χ3v) is 4.62. The van der Waals surface area contributed by atoms with Crippen LogP contribution in [0.25, 0.3) is 10.9 Å². The van der Waals surface area contributed by atoms with Crippen molar-refractivity contribution in [1.82, 2.24) is 15.1 Å². The number of fused-ring (bicyclic) bond motifs is 3. The number of benzene rings is 1. The number of nitrogens with zero attached hydrogens (tertiary/aromatic N) is 2. The van der Waals surface area contributed by atoms with Gasteiger partial charge < -0.3 is 0 Å². The summed E-state index contributed by atoms with van der Waals surface area (Å²) in [5, 5.41) is 8.55. The normalized spacial score (nSPS) is 24.4. The monoisotopic (exact) mass is 241 g/mol. The van der Waals surface area contributed by atoms with Crippen LogP contribution < -0.4 is 0 Å². The van der Waals surface area contributed by atoms with Crippen molar-refractivity contribution in [2.24, 2.45) is 5.92 Å². The molecule has 2 heterocycles. The van der Waals surface area contributed by atoms with Gasteiger partial charge in [0, 0.05) is 18.0 Å². The number of H-pyrrole nitrogens is 1. The Balaban J connectivity index is 1.71. The van der Waals surface area contributed by atoms with Gasteiger partial charge in [0.1, 0.15) is 0 Å². The van der Waals surface area contributed by atoms with Gasteiger partial charge in [-0.15, -0.1) is 0 Å². The van der Waals surface area contributed by atoms with E-state index in [1.807, 2.05) is 6.20 Å². The molecule has 0 saturated heterocycles. The van der Waals surface area contributed by atoms with Crippen molar-refractivity contribution in [1.29, 1.82) is 0 Å². The van der Waals surface area contributed by atoms with Crippen molar-refractivity contribution in [3.05, 3.63) is 29.5 Å². The molecular formula is C15H19N3. The Morgan fingerprint density at radius 2 is 2.28 bits per heavy atom. The first-order valence-corrected chi connectivity index (χ1v) is 6.95. The van der Waals surface area contributed by atoms with Crippen molar-refractivity contribution in [3.8, 4) is 0 Å². The standard InChI is InChI=1S/C15H19N3/c1-18-9-14-11(7-12(18)6-10-2-3-10)4-5-15-13(14)8-16-17-15/h4-5,8,10,12H,2-3,6-7,9H2,1H3,(H,16,17). The van der Waals surface area contributed by atoms with Crippen LogP contribution in [-0.2, 0) is 13.0 Å². The zero-order chi connectivity index (χ0) is 12.1. The molecule has 3 nitrogen and oxygen atoms in total. The van der Waals surface area contributed by atoms with Gasteiger partial charge in [0.05, 0.1) is 11.7 Å². The molecule has 1 atom stereocenters. The summed E-state index contributed by atoms with van der Waals surface area (Å²) in [6, 6.07) is 5.22. The highest BCUT2D eigenvalue weighted by molar-refractivity contribution is 5.83. The van der Waals surface area contributed by atoms with E-state index < -0.39 is 0 Å². The Morgan fingerprint density at radius 1 is 1.39 bits per heavy atom. The van der Waals surface area contributed by atoms with Crippen LogP contribution in [0.1, 0.15) is 30.4 Å². The Morgan fingerprint density at radius 3 is 3.11 bits per heavy atom. The minimum Gasteiger partial charge on any atom is -0.299 e. The maximum absolute atomic E-state index is 4.17. The Kier molecular flexibility index (Phi) is 2.24. The van der Waals surface area contributed by atoms with Gasteiger partial charge in [0.15, 0.2) is 0 Å². The smallest absolute Gasteiger partial charge is 0.0653 e. The number of likely N-dealkylation sites (N-methyl/N-ethyl adjacent to an activating group) is 1. The van der Waals surface area contributed by atoms with Crippen LogP contribution in [0.4, 0.5) is 0 Å². The molecule has 1 saturated carbocycles. The molecule has 1 aromatic heterocycles. The van der Waals surface area contributed by atoms with E-state index in [-0.39, 0.29) is 0 Å². The molecule has 2 aromatic rings. The predicted molar refractivity (Wildman–Crippen MR) is 72.4 cm³/mol. The molecule has 1 aliphatic carbocycles. The van der Waals surface area contributed by atoms with Crippen molar-refractivity contribution in [3.63, 3.8) is 0 Å². The lowest BCUT2D eigenvalue weighted by Crippen LogP contribution is -2.37. The van der Waals surface area contributed by atoms with Gasteiger partial charge in [-0.1, -0.05) is 18.9 Å². The Bertz CT molecular complexity index is 582. The van der Waals surface area contributed by atoms with Crippen LogP contribution in [0.3, 0.4) is 0 Å². The van der Waals surface area contributed by atoms with Crippen molar-refractivity contribution in [2.45, 2.75) is 38.3 Å². The molecule has 18 heavy (non-hydrogen) atoms. The van der Waals surface area contributed by atoms with Crippen LogP contribution in [0.5, 0.6) is 0 Å². The number of hydrogen-bond acceptors (Lipinski definition) is 2. The van der Waals surface area contributed by atoms with Gasteiger partial charge in [-0.05, 0) is 43.0 Å². The molecule has 3 heteroatoms. The highest BCUT2D eigenvalue weighted by Gasteiger charge is 2.31. The first-order chi connectivity index (χ1) is 8.81. The second-order valence-corrected chi connectivity index (χ2v) is 5.99. The number of aromatic amines is 1. The van der Waals surface area contributed by atoms with E-state index in [9.17, 15) is 0 Å². The molecule has 0 spiro atoms. The van der Waals surface area contributed by atoms with E-state index >= 15 is 0 Å². The molecule has 4 rings (SSSR count). The second-order valence-electron chi connectivity index (χ2n) is 5.99. The lowest BCUT2D eigenvalue weighted by Gasteiger charge is -2.34. The molecule has 0 bridgehead atoms. The molecule has 1 aromatic carbocycles. The van der Waals surface area contributed by atoms with Crippen molar-refractivity contribution < 1.29 is 0 Å². The molecule has 2 aliphatic rings. The first kappa shape index (κ1) is 10.6. The third-order valence-electron chi connectivity index (χ3n) is 4.62. The van der Waals surface area contributed by atoms with E-state index in [1.54, 1.807) is 0 Å². The minimum absolute atomic E-state index is 0.745. The zero-order valence-electron chi connectivity index (χ0n) is 10.8. The molecule has 1 aliphatic heterocycles. The lowest BCUT2D eigenvalue weighted by molar-refractivity contribution is 0.199. The van der Waals surface area contributed by atoms with Crippen molar-refractivity contribution >= 4 is 10.9 Å². The van der Waals surface area contributed by atoms with E-state index in [2.05, 4.69) is 34.3 Å². The molecule has 94 valence electrons. The Hall–Kier alpha value is -1.35. The molecule has 1 N–H and O–H groups in total. The summed E-state index contributed by atoms with van der Waals surface area (Å²) in [5.74, 6) is 1.01. The molecular weight excluding hydrogens is 222 g/mol. The predicted octanol–water partition coefficient (Wildman–Crippen LogP) is 2.72. The molecule has 0 radical (unpaired) electrons. The number of nitrogens with one attached hydrogen (secondary N) is 1. The van der Waals surface area contributed by atoms with Gasteiger partial charge in [-0.3, -0.25) is 10.00 Å². The summed E-state index contributed by atoms with van der Waals surface area (Å²) in [6.45, 7) is 1.07. The SMILES string of the molecule is CN1Cc2c(ccc3[nH]ncc23)CC1CC1CC1. The van der Waals surface area contributed by atoms with Gasteiger partial charge in [0.2, 0.25) is 0 Å². The largest absolute Gasteiger partial charge is 0.299 e.